The molecule has 0 saturated heterocycles. The molecule has 0 aliphatic carbocycles. The van der Waals surface area contributed by atoms with Gasteiger partial charge in [0.15, 0.2) is 17.2 Å². The predicted octanol–water partition coefficient (Wildman–Crippen LogP) is 5.60. The topological polar surface area (TPSA) is 125 Å². The number of carbonyl (C=O) groups is 4. The molecule has 0 bridgehead atoms. The lowest BCUT2D eigenvalue weighted by Crippen LogP contribution is -2.37. The molecular weight excluding hydrogens is 505 g/mol. The number of phenolic OH excluding ortho intramolecular Hbond substituents is 1. The Labute approximate surface area is 211 Å². The summed E-state index contributed by atoms with van der Waals surface area (Å²) in [5, 5.41) is 14.6. The Morgan fingerprint density at radius 1 is 0.912 bits per heavy atom. The third-order valence-corrected chi connectivity index (χ3v) is 5.31. The number of halogens is 3. The summed E-state index contributed by atoms with van der Waals surface area (Å²) in [7, 11) is 0. The molecule has 0 fully saturated rings. The highest BCUT2D eigenvalue weighted by Crippen LogP contribution is 2.36. The average Bonchev–Trinajstić information content (AvgIpc) is 2.76. The van der Waals surface area contributed by atoms with Crippen molar-refractivity contribution in [2.75, 3.05) is 10.6 Å². The Kier molecular flexibility index (Phi) is 8.83. The lowest BCUT2D eigenvalue weighted by atomic mass is 9.87. The van der Waals surface area contributed by atoms with Crippen LogP contribution >= 0.6 is 34.8 Å². The maximum atomic E-state index is 13.1. The standard InChI is InChI=1S/C23H22Cl3N3O5/c1-5-17(30)21(33)28-11-6-7-13(24)16(10-11)29-22(34)18(20(32)23(2,3)4)27-12-8-14(25)19(31)15(26)9-12/h6-10,31H,5H2,1-4H3,(H,28,33)(H,29,34). The number of benzene rings is 2. The third kappa shape index (κ3) is 6.79. The fourth-order valence-corrected chi connectivity index (χ4v) is 3.19. The van der Waals surface area contributed by atoms with Gasteiger partial charge >= 0.3 is 0 Å². The first kappa shape index (κ1) is 27.3. The molecule has 0 atom stereocenters. The normalized spacial score (nSPS) is 11.7. The molecule has 0 heterocycles. The van der Waals surface area contributed by atoms with Gasteiger partial charge in [-0.3, -0.25) is 19.2 Å². The number of anilines is 2. The number of nitrogens with zero attached hydrogens (tertiary/aromatic N) is 1. The van der Waals surface area contributed by atoms with E-state index < -0.39 is 34.5 Å². The first-order chi connectivity index (χ1) is 15.7. The Balaban J connectivity index is 2.45. The van der Waals surface area contributed by atoms with Gasteiger partial charge < -0.3 is 15.7 Å². The van der Waals surface area contributed by atoms with Crippen molar-refractivity contribution >= 4 is 81.0 Å². The third-order valence-electron chi connectivity index (χ3n) is 4.40. The van der Waals surface area contributed by atoms with E-state index in [1.54, 1.807) is 27.7 Å². The summed E-state index contributed by atoms with van der Waals surface area (Å²) in [5.74, 6) is -3.25. The second-order valence-electron chi connectivity index (χ2n) is 8.18. The molecule has 8 nitrogen and oxygen atoms in total. The number of aromatic hydroxyl groups is 1. The monoisotopic (exact) mass is 525 g/mol. The summed E-state index contributed by atoms with van der Waals surface area (Å²) in [6.07, 6.45) is 0.0308. The van der Waals surface area contributed by atoms with Gasteiger partial charge in [0.2, 0.25) is 5.78 Å². The second kappa shape index (κ2) is 11.0. The van der Waals surface area contributed by atoms with Gasteiger partial charge in [0, 0.05) is 17.5 Å². The number of Topliss-reactive ketones (excluding diaryl/α,β-unsaturated/α-hetero) is 2. The molecule has 3 N–H and O–H groups in total. The lowest BCUT2D eigenvalue weighted by Gasteiger charge is -2.18. The molecule has 2 aromatic rings. The van der Waals surface area contributed by atoms with Gasteiger partial charge in [0.05, 0.1) is 26.4 Å². The first-order valence-corrected chi connectivity index (χ1v) is 11.1. The van der Waals surface area contributed by atoms with Crippen molar-refractivity contribution in [3.63, 3.8) is 0 Å². The Hall–Kier alpha value is -2.94. The van der Waals surface area contributed by atoms with Crippen LogP contribution in [-0.2, 0) is 19.2 Å². The minimum Gasteiger partial charge on any atom is -0.505 e. The number of nitrogens with one attached hydrogen (secondary N) is 2. The molecule has 0 aromatic heterocycles. The van der Waals surface area contributed by atoms with Crippen molar-refractivity contribution in [3.05, 3.63) is 45.4 Å². The largest absolute Gasteiger partial charge is 0.505 e. The summed E-state index contributed by atoms with van der Waals surface area (Å²) < 4.78 is 0. The van der Waals surface area contributed by atoms with Gasteiger partial charge in [-0.1, -0.05) is 62.5 Å². The maximum absolute atomic E-state index is 13.1. The summed E-state index contributed by atoms with van der Waals surface area (Å²) >= 11 is 18.0. The van der Waals surface area contributed by atoms with Gasteiger partial charge in [-0.15, -0.1) is 0 Å². The summed E-state index contributed by atoms with van der Waals surface area (Å²) in [6.45, 7) is 6.39. The van der Waals surface area contributed by atoms with Crippen LogP contribution in [0.1, 0.15) is 34.1 Å². The molecule has 0 aliphatic heterocycles. The molecule has 180 valence electrons. The molecule has 0 saturated carbocycles. The van der Waals surface area contributed by atoms with Crippen molar-refractivity contribution in [2.45, 2.75) is 34.1 Å². The molecule has 2 aromatic carbocycles. The number of amides is 2. The second-order valence-corrected chi connectivity index (χ2v) is 9.40. The SMILES string of the molecule is CCC(=O)C(=O)Nc1ccc(Cl)c(NC(=O)C(=Nc2cc(Cl)c(O)c(Cl)c2)C(=O)C(C)(C)C)c1. The molecule has 0 radical (unpaired) electrons. The van der Waals surface area contributed by atoms with Crippen molar-refractivity contribution in [1.82, 2.24) is 0 Å². The molecule has 34 heavy (non-hydrogen) atoms. The molecular formula is C23H22Cl3N3O5. The number of aliphatic imine (C=N–C) groups is 1. The van der Waals surface area contributed by atoms with Crippen molar-refractivity contribution in [1.29, 1.82) is 0 Å². The van der Waals surface area contributed by atoms with Crippen LogP contribution in [-0.4, -0.2) is 34.2 Å². The quantitative estimate of drug-likeness (QED) is 0.246. The highest BCUT2D eigenvalue weighted by Gasteiger charge is 2.31. The van der Waals surface area contributed by atoms with Crippen LogP contribution in [0.4, 0.5) is 17.1 Å². The molecule has 0 aliphatic rings. The van der Waals surface area contributed by atoms with Crippen molar-refractivity contribution < 1.29 is 24.3 Å². The minimum atomic E-state index is -0.971. The Morgan fingerprint density at radius 2 is 1.50 bits per heavy atom. The molecule has 11 heteroatoms. The van der Waals surface area contributed by atoms with E-state index >= 15 is 0 Å². The molecule has 0 spiro atoms. The fraction of sp³-hybridized carbons (Fsp3) is 0.261. The van der Waals surface area contributed by atoms with Crippen LogP contribution in [0.5, 0.6) is 5.75 Å². The van der Waals surface area contributed by atoms with Gasteiger partial charge in [-0.2, -0.15) is 0 Å². The summed E-state index contributed by atoms with van der Waals surface area (Å²) in [4.78, 5) is 53.7. The number of ketones is 2. The van der Waals surface area contributed by atoms with Gasteiger partial charge in [-0.05, 0) is 30.3 Å². The van der Waals surface area contributed by atoms with E-state index in [1.165, 1.54) is 30.3 Å². The van der Waals surface area contributed by atoms with Crippen molar-refractivity contribution in [3.8, 4) is 5.75 Å². The minimum absolute atomic E-state index is 0.0308. The van der Waals surface area contributed by atoms with Crippen LogP contribution in [0.2, 0.25) is 15.1 Å². The Bertz CT molecular complexity index is 1180. The van der Waals surface area contributed by atoms with Crippen LogP contribution in [0.3, 0.4) is 0 Å². The number of hydrogen-bond donors (Lipinski definition) is 3. The molecule has 2 amide bonds. The van der Waals surface area contributed by atoms with Crippen LogP contribution in [0, 0.1) is 5.41 Å². The summed E-state index contributed by atoms with van der Waals surface area (Å²) in [6, 6.07) is 6.70. The Morgan fingerprint density at radius 3 is 2.03 bits per heavy atom. The number of rotatable bonds is 7. The van der Waals surface area contributed by atoms with E-state index in [-0.39, 0.29) is 44.3 Å². The molecule has 0 unspecified atom stereocenters. The van der Waals surface area contributed by atoms with E-state index in [0.717, 1.165) is 0 Å². The number of hydrogen-bond acceptors (Lipinski definition) is 6. The van der Waals surface area contributed by atoms with E-state index in [4.69, 9.17) is 34.8 Å². The number of phenols is 1. The maximum Gasteiger partial charge on any atom is 0.291 e. The zero-order chi connectivity index (χ0) is 25.8. The van der Waals surface area contributed by atoms with E-state index in [1.807, 2.05) is 0 Å². The lowest BCUT2D eigenvalue weighted by molar-refractivity contribution is -0.134. The number of carbonyl (C=O) groups excluding carboxylic acids is 4. The van der Waals surface area contributed by atoms with E-state index in [2.05, 4.69) is 15.6 Å². The fourth-order valence-electron chi connectivity index (χ4n) is 2.55. The summed E-state index contributed by atoms with van der Waals surface area (Å²) in [5.41, 5.74) is -1.08. The molecule has 2 rings (SSSR count). The van der Waals surface area contributed by atoms with Crippen LogP contribution in [0.25, 0.3) is 0 Å². The van der Waals surface area contributed by atoms with Crippen LogP contribution < -0.4 is 10.6 Å². The van der Waals surface area contributed by atoms with Gasteiger partial charge in [0.25, 0.3) is 11.8 Å². The van der Waals surface area contributed by atoms with Crippen molar-refractivity contribution in [2.24, 2.45) is 10.4 Å². The van der Waals surface area contributed by atoms with Crippen LogP contribution in [0.15, 0.2) is 35.3 Å². The zero-order valence-electron chi connectivity index (χ0n) is 18.8. The highest BCUT2D eigenvalue weighted by molar-refractivity contribution is 6.68. The smallest absolute Gasteiger partial charge is 0.291 e. The van der Waals surface area contributed by atoms with E-state index in [0.29, 0.717) is 0 Å². The first-order valence-electron chi connectivity index (χ1n) is 10.0. The average molecular weight is 527 g/mol. The predicted molar refractivity (Wildman–Crippen MR) is 134 cm³/mol. The highest BCUT2D eigenvalue weighted by atomic mass is 35.5. The van der Waals surface area contributed by atoms with E-state index in [9.17, 15) is 24.3 Å². The van der Waals surface area contributed by atoms with Gasteiger partial charge in [0.1, 0.15) is 0 Å². The van der Waals surface area contributed by atoms with Gasteiger partial charge in [-0.25, -0.2) is 4.99 Å². The zero-order valence-corrected chi connectivity index (χ0v) is 21.0.